The summed E-state index contributed by atoms with van der Waals surface area (Å²) >= 11 is 0. The predicted octanol–water partition coefficient (Wildman–Crippen LogP) is 4.91. The van der Waals surface area contributed by atoms with Crippen LogP contribution in [0.5, 0.6) is 0 Å². The number of fused-ring (bicyclic) bond motifs is 17. The van der Waals surface area contributed by atoms with E-state index in [2.05, 4.69) is 55.2 Å². The van der Waals surface area contributed by atoms with Crippen LogP contribution in [0.25, 0.3) is 10.8 Å². The molecule has 0 saturated heterocycles. The number of nitrogens with one attached hydrogen (secondary N) is 1. The number of hydrogen-bond acceptors (Lipinski definition) is 7. The third-order valence-corrected chi connectivity index (χ3v) is 8.03. The quantitative estimate of drug-likeness (QED) is 0.287. The van der Waals surface area contributed by atoms with Crippen molar-refractivity contribution in [2.75, 3.05) is 0 Å². The van der Waals surface area contributed by atoms with Crippen molar-refractivity contribution in [3.63, 3.8) is 0 Å². The summed E-state index contributed by atoms with van der Waals surface area (Å²) in [5.41, 5.74) is 9.29. The Labute approximate surface area is 240 Å². The molecule has 0 aliphatic carbocycles. The molecule has 8 nitrogen and oxygen atoms in total. The van der Waals surface area contributed by atoms with Crippen LogP contribution < -0.4 is 11.0 Å². The number of aromatic amines is 1. The minimum Gasteiger partial charge on any atom is -0.324 e. The highest BCUT2D eigenvalue weighted by atomic mass is 15.2. The van der Waals surface area contributed by atoms with Crippen molar-refractivity contribution >= 4 is 40.0 Å². The Morgan fingerprint density at radius 2 is 0.976 bits per heavy atom. The molecule has 8 bridgehead atoms. The monoisotopic (exact) mass is 542 g/mol. The van der Waals surface area contributed by atoms with Crippen molar-refractivity contribution in [3.05, 3.63) is 140 Å². The highest BCUT2D eigenvalue weighted by molar-refractivity contribution is 6.26. The van der Waals surface area contributed by atoms with E-state index in [4.69, 9.17) is 34.9 Å². The molecule has 4 aliphatic rings. The van der Waals surface area contributed by atoms with E-state index in [0.29, 0.717) is 40.2 Å². The fourth-order valence-corrected chi connectivity index (χ4v) is 6.00. The Kier molecular flexibility index (Phi) is 4.64. The van der Waals surface area contributed by atoms with E-state index in [1.165, 1.54) is 0 Å². The molecule has 0 spiro atoms. The van der Waals surface area contributed by atoms with Gasteiger partial charge in [-0.25, -0.2) is 34.9 Å². The highest BCUT2D eigenvalue weighted by Crippen LogP contribution is 2.34. The first kappa shape index (κ1) is 23.1. The lowest BCUT2D eigenvalue weighted by Gasteiger charge is -2.06. The molecule has 0 saturated carbocycles. The van der Waals surface area contributed by atoms with E-state index in [-0.39, 0.29) is 0 Å². The summed E-state index contributed by atoms with van der Waals surface area (Å²) in [6.45, 7) is 4.15. The third kappa shape index (κ3) is 3.38. The highest BCUT2D eigenvalue weighted by Gasteiger charge is 2.30. The Morgan fingerprint density at radius 1 is 0.476 bits per heavy atom. The van der Waals surface area contributed by atoms with Gasteiger partial charge in [0, 0.05) is 44.2 Å². The first-order valence-corrected chi connectivity index (χ1v) is 13.9. The van der Waals surface area contributed by atoms with E-state index in [1.54, 1.807) is 0 Å². The average Bonchev–Trinajstić information content (AvgIpc) is 3.72. The lowest BCUT2D eigenvalue weighted by molar-refractivity contribution is 0.795. The molecule has 42 heavy (non-hydrogen) atoms. The maximum Gasteiger partial charge on any atom is 0.170 e. The molecule has 1 aromatic heterocycles. The van der Waals surface area contributed by atoms with Gasteiger partial charge in [0.25, 0.3) is 0 Å². The molecule has 5 aromatic rings. The third-order valence-electron chi connectivity index (χ3n) is 8.03. The fraction of sp³-hybridized carbons (Fsp3) is 0.0882. The number of hydrogen-bond donors (Lipinski definition) is 1. The molecule has 1 atom stereocenters. The van der Waals surface area contributed by atoms with Crippen LogP contribution in [-0.4, -0.2) is 34.2 Å². The summed E-state index contributed by atoms with van der Waals surface area (Å²) in [6, 6.07) is 28.7. The second-order valence-corrected chi connectivity index (χ2v) is 10.9. The van der Waals surface area contributed by atoms with E-state index in [0.717, 1.165) is 55.3 Å². The summed E-state index contributed by atoms with van der Waals surface area (Å²) in [5.74, 6) is 2.98. The first-order valence-electron chi connectivity index (χ1n) is 13.9. The van der Waals surface area contributed by atoms with Crippen LogP contribution in [0.1, 0.15) is 50.7 Å². The predicted molar refractivity (Wildman–Crippen MR) is 165 cm³/mol. The molecule has 198 valence electrons. The zero-order valence-corrected chi connectivity index (χ0v) is 22.8. The van der Waals surface area contributed by atoms with Gasteiger partial charge in [-0.3, -0.25) is 0 Å². The van der Waals surface area contributed by atoms with Crippen molar-refractivity contribution in [2.45, 2.75) is 20.0 Å². The smallest absolute Gasteiger partial charge is 0.170 e. The molecule has 0 amide bonds. The van der Waals surface area contributed by atoms with E-state index in [9.17, 15) is 0 Å². The molecular weight excluding hydrogens is 520 g/mol. The topological polar surface area (TPSA) is 102 Å². The van der Waals surface area contributed by atoms with Crippen molar-refractivity contribution in [3.8, 4) is 0 Å². The number of aryl methyl sites for hydroxylation is 2. The summed E-state index contributed by atoms with van der Waals surface area (Å²) < 4.78 is 0. The molecule has 9 rings (SSSR count). The Morgan fingerprint density at radius 3 is 1.64 bits per heavy atom. The zero-order valence-electron chi connectivity index (χ0n) is 22.8. The lowest BCUT2D eigenvalue weighted by Crippen LogP contribution is -2.15. The largest absolute Gasteiger partial charge is 0.324 e. The lowest BCUT2D eigenvalue weighted by atomic mass is 10.0. The minimum absolute atomic E-state index is 0.482. The van der Waals surface area contributed by atoms with E-state index >= 15 is 0 Å². The number of rotatable bonds is 0. The molecule has 0 radical (unpaired) electrons. The first-order chi connectivity index (χ1) is 20.6. The summed E-state index contributed by atoms with van der Waals surface area (Å²) in [7, 11) is 0. The summed E-state index contributed by atoms with van der Waals surface area (Å²) in [5, 5.41) is 1.93. The SMILES string of the molecule is Cc1ccc2c(c1)C1N=C3N=C(N=c4[nH]c(c5cc(C)ccc45)=NC4=NC(=NC2=N1)c1ccccc14)c1ccccc13. The van der Waals surface area contributed by atoms with Gasteiger partial charge in [-0.1, -0.05) is 90.0 Å². The molecule has 1 N–H and O–H groups in total. The van der Waals surface area contributed by atoms with Gasteiger partial charge in [0.1, 0.15) is 11.0 Å². The van der Waals surface area contributed by atoms with Crippen LogP contribution in [0.2, 0.25) is 0 Å². The molecule has 0 fully saturated rings. The van der Waals surface area contributed by atoms with Crippen LogP contribution >= 0.6 is 0 Å². The number of aliphatic imine (C=N–C) groups is 5. The number of aromatic nitrogens is 1. The number of H-pyrrole nitrogens is 1. The van der Waals surface area contributed by atoms with Crippen LogP contribution in [0.15, 0.2) is 120 Å². The van der Waals surface area contributed by atoms with Gasteiger partial charge in [-0.2, -0.15) is 0 Å². The van der Waals surface area contributed by atoms with Crippen molar-refractivity contribution in [1.29, 1.82) is 0 Å². The van der Waals surface area contributed by atoms with Crippen LogP contribution in [0.3, 0.4) is 0 Å². The minimum atomic E-state index is -0.482. The van der Waals surface area contributed by atoms with Crippen LogP contribution in [-0.2, 0) is 0 Å². The number of amidine groups is 5. The Balaban J connectivity index is 1.40. The Hall–Kier alpha value is -5.63. The number of nitrogens with zero attached hydrogens (tertiary/aromatic N) is 7. The van der Waals surface area contributed by atoms with E-state index in [1.807, 2.05) is 48.5 Å². The molecule has 8 heteroatoms. The van der Waals surface area contributed by atoms with Gasteiger partial charge in [0.2, 0.25) is 0 Å². The molecular formula is C34H22N8. The number of benzene rings is 4. The van der Waals surface area contributed by atoms with Gasteiger partial charge in [0.15, 0.2) is 35.3 Å². The zero-order chi connectivity index (χ0) is 27.9. The van der Waals surface area contributed by atoms with Crippen LogP contribution in [0.4, 0.5) is 0 Å². The maximum atomic E-state index is 5.10. The molecule has 4 aliphatic heterocycles. The van der Waals surface area contributed by atoms with E-state index < -0.39 is 6.17 Å². The van der Waals surface area contributed by atoms with Gasteiger partial charge in [-0.05, 0) is 19.9 Å². The molecule has 5 heterocycles. The molecule has 4 aromatic carbocycles. The maximum absolute atomic E-state index is 5.10. The standard InChI is InChI=1S/C34H22N8/c1-17-11-13-23-25(15-17)33-39-29-21-9-5-3-7-19(21)28(35-29)38-32-24-14-12-18(2)16-26(24)34(42-32)40-30-22-10-6-4-8-20(22)27(36-30)37-31(23)41-33/h3-16,33H,1-2H3,(H,35,36,37,38,39,40,41,42). The van der Waals surface area contributed by atoms with Crippen LogP contribution in [0, 0.1) is 13.8 Å². The van der Waals surface area contributed by atoms with Crippen molar-refractivity contribution in [1.82, 2.24) is 4.98 Å². The second kappa shape index (κ2) is 8.44. The van der Waals surface area contributed by atoms with Crippen molar-refractivity contribution < 1.29 is 0 Å². The Bertz CT molecular complexity index is 2330. The summed E-state index contributed by atoms with van der Waals surface area (Å²) in [4.78, 5) is 38.6. The van der Waals surface area contributed by atoms with Gasteiger partial charge < -0.3 is 4.98 Å². The second-order valence-electron chi connectivity index (χ2n) is 10.9. The van der Waals surface area contributed by atoms with Gasteiger partial charge >= 0.3 is 0 Å². The normalized spacial score (nSPS) is 17.7. The summed E-state index contributed by atoms with van der Waals surface area (Å²) in [6.07, 6.45) is -0.482. The van der Waals surface area contributed by atoms with Gasteiger partial charge in [0.05, 0.1) is 0 Å². The van der Waals surface area contributed by atoms with Crippen molar-refractivity contribution in [2.24, 2.45) is 34.9 Å². The molecule has 1 unspecified atom stereocenters. The average molecular weight is 543 g/mol. The fourth-order valence-electron chi connectivity index (χ4n) is 6.00. The van der Waals surface area contributed by atoms with Gasteiger partial charge in [-0.15, -0.1) is 0 Å².